The van der Waals surface area contributed by atoms with Gasteiger partial charge in [-0.05, 0) is 59.9 Å². The molecular weight excluding hydrogens is 562 g/mol. The minimum atomic E-state index is -0.286. The van der Waals surface area contributed by atoms with Crippen LogP contribution in [0.25, 0.3) is 5.70 Å². The molecule has 6 N–H and O–H groups in total. The number of benzene rings is 2. The van der Waals surface area contributed by atoms with E-state index in [1.54, 1.807) is 31.6 Å². The number of hydrogen-bond donors (Lipinski definition) is 4. The number of nitrogens with two attached hydrogens (primary N) is 2. The van der Waals surface area contributed by atoms with Crippen LogP contribution in [0.2, 0.25) is 0 Å². The number of carbonyl (C=O) groups excluding carboxylic acids is 1. The molecule has 2 heterocycles. The van der Waals surface area contributed by atoms with E-state index in [9.17, 15) is 4.79 Å². The molecule has 1 aliphatic heterocycles. The maximum absolute atomic E-state index is 13.5. The predicted octanol–water partition coefficient (Wildman–Crippen LogP) is 5.11. The molecule has 0 atom stereocenters. The molecule has 0 spiro atoms. The number of amides is 1. The number of aryl methyl sites for hydroxylation is 1. The molecule has 1 amide bonds. The van der Waals surface area contributed by atoms with Gasteiger partial charge in [0.25, 0.3) is 5.91 Å². The summed E-state index contributed by atoms with van der Waals surface area (Å²) in [5.74, 6) is 6.72. The van der Waals surface area contributed by atoms with Gasteiger partial charge in [0.15, 0.2) is 5.75 Å². The van der Waals surface area contributed by atoms with Gasteiger partial charge in [0.2, 0.25) is 0 Å². The molecular formula is C32H43N7O3S. The molecule has 1 aliphatic rings. The molecule has 1 saturated heterocycles. The highest BCUT2D eigenvalue weighted by molar-refractivity contribution is 7.99. The number of carbonyl (C=O) groups is 1. The van der Waals surface area contributed by atoms with Crippen LogP contribution < -0.4 is 31.4 Å². The summed E-state index contributed by atoms with van der Waals surface area (Å²) in [5, 5.41) is 4.48. The van der Waals surface area contributed by atoms with Gasteiger partial charge < -0.3 is 25.2 Å². The quantitative estimate of drug-likeness (QED) is 0.141. The van der Waals surface area contributed by atoms with E-state index < -0.39 is 0 Å². The SMILES string of the molecule is COc1c(NSC)cc(C(C)(C)C)cc1NC(=O)c1ccc(C)c(N(N)/C=C(\N)c2ccc(CN3CCOCC3)nc2)c1. The number of pyridine rings is 1. The van der Waals surface area contributed by atoms with Crippen molar-refractivity contribution in [2.45, 2.75) is 39.7 Å². The van der Waals surface area contributed by atoms with Crippen molar-refractivity contribution in [2.24, 2.45) is 11.6 Å². The topological polar surface area (TPSA) is 131 Å². The molecule has 10 nitrogen and oxygen atoms in total. The van der Waals surface area contributed by atoms with Crippen molar-refractivity contribution in [3.63, 3.8) is 0 Å². The summed E-state index contributed by atoms with van der Waals surface area (Å²) in [6.07, 6.45) is 5.33. The second-order valence-electron chi connectivity index (χ2n) is 11.5. The lowest BCUT2D eigenvalue weighted by atomic mass is 9.86. The highest BCUT2D eigenvalue weighted by Crippen LogP contribution is 2.39. The first kappa shape index (κ1) is 32.2. The van der Waals surface area contributed by atoms with Gasteiger partial charge >= 0.3 is 0 Å². The molecule has 3 aromatic rings. The van der Waals surface area contributed by atoms with Gasteiger partial charge in [0, 0.05) is 49.4 Å². The first-order valence-corrected chi connectivity index (χ1v) is 15.4. The van der Waals surface area contributed by atoms with Gasteiger partial charge in [0.05, 0.1) is 48.8 Å². The molecule has 0 saturated carbocycles. The number of hydrogen-bond acceptors (Lipinski definition) is 10. The van der Waals surface area contributed by atoms with Gasteiger partial charge in [-0.1, -0.05) is 38.8 Å². The van der Waals surface area contributed by atoms with E-state index in [-0.39, 0.29) is 11.3 Å². The lowest BCUT2D eigenvalue weighted by Gasteiger charge is -2.26. The fourth-order valence-electron chi connectivity index (χ4n) is 4.75. The van der Waals surface area contributed by atoms with Gasteiger partial charge in [-0.3, -0.25) is 19.7 Å². The summed E-state index contributed by atoms with van der Waals surface area (Å²) in [6, 6.07) is 13.3. The molecule has 0 aliphatic carbocycles. The van der Waals surface area contributed by atoms with Gasteiger partial charge in [-0.15, -0.1) is 0 Å². The van der Waals surface area contributed by atoms with E-state index in [1.807, 2.05) is 43.5 Å². The number of morpholine rings is 1. The molecule has 0 bridgehead atoms. The van der Waals surface area contributed by atoms with Crippen molar-refractivity contribution in [2.75, 3.05) is 54.7 Å². The largest absolute Gasteiger partial charge is 0.492 e. The standard InChI is InChI=1S/C32H43N7O3S/c1-21-7-8-22(31(40)36-27-16-24(32(2,3)4)17-28(37-43-6)30(27)41-5)15-29(21)39(34)20-26(33)23-9-10-25(35-18-23)19-38-11-13-42-14-12-38/h7-10,15-18,20,37H,11-14,19,33-34H2,1-6H3,(H,36,40)/b26-20-. The maximum atomic E-state index is 13.5. The Morgan fingerprint density at radius 3 is 2.47 bits per heavy atom. The zero-order chi connectivity index (χ0) is 31.1. The highest BCUT2D eigenvalue weighted by Gasteiger charge is 2.22. The first-order valence-electron chi connectivity index (χ1n) is 14.2. The summed E-state index contributed by atoms with van der Waals surface area (Å²) in [4.78, 5) is 20.4. The summed E-state index contributed by atoms with van der Waals surface area (Å²) in [5.41, 5.74) is 12.9. The van der Waals surface area contributed by atoms with Gasteiger partial charge in [-0.25, -0.2) is 5.84 Å². The molecule has 0 radical (unpaired) electrons. The number of anilines is 3. The zero-order valence-electron chi connectivity index (χ0n) is 25.9. The normalized spacial score (nSPS) is 14.3. The van der Waals surface area contributed by atoms with Crippen LogP contribution in [-0.4, -0.2) is 55.5 Å². The Hall–Kier alpha value is -3.77. The Morgan fingerprint density at radius 1 is 1.14 bits per heavy atom. The van der Waals surface area contributed by atoms with Gasteiger partial charge in [0.1, 0.15) is 0 Å². The molecule has 2 aromatic carbocycles. The average Bonchev–Trinajstić information content (AvgIpc) is 2.97. The lowest BCUT2D eigenvalue weighted by Crippen LogP contribution is -2.35. The minimum Gasteiger partial charge on any atom is -0.492 e. The molecule has 1 fully saturated rings. The van der Waals surface area contributed by atoms with E-state index in [4.69, 9.17) is 21.1 Å². The zero-order valence-corrected chi connectivity index (χ0v) is 26.7. The number of rotatable bonds is 10. The smallest absolute Gasteiger partial charge is 0.255 e. The monoisotopic (exact) mass is 605 g/mol. The fraction of sp³-hybridized carbons (Fsp3) is 0.375. The first-order chi connectivity index (χ1) is 20.5. The van der Waals surface area contributed by atoms with Crippen LogP contribution in [0.4, 0.5) is 17.1 Å². The van der Waals surface area contributed by atoms with Crippen molar-refractivity contribution < 1.29 is 14.3 Å². The van der Waals surface area contributed by atoms with E-state index in [0.717, 1.165) is 60.9 Å². The van der Waals surface area contributed by atoms with Crippen molar-refractivity contribution >= 4 is 40.6 Å². The minimum absolute atomic E-state index is 0.136. The van der Waals surface area contributed by atoms with Crippen LogP contribution in [0.1, 0.15) is 53.5 Å². The Bertz CT molecular complexity index is 1450. The van der Waals surface area contributed by atoms with E-state index in [2.05, 4.69) is 40.7 Å². The Morgan fingerprint density at radius 2 is 1.84 bits per heavy atom. The second-order valence-corrected chi connectivity index (χ2v) is 12.1. The van der Waals surface area contributed by atoms with Gasteiger partial charge in [-0.2, -0.15) is 0 Å². The summed E-state index contributed by atoms with van der Waals surface area (Å²) < 4.78 is 14.4. The van der Waals surface area contributed by atoms with Crippen LogP contribution in [-0.2, 0) is 16.7 Å². The number of ether oxygens (including phenoxy) is 2. The molecule has 43 heavy (non-hydrogen) atoms. The Balaban J connectivity index is 1.53. The second kappa shape index (κ2) is 14.1. The van der Waals surface area contributed by atoms with Crippen LogP contribution in [0, 0.1) is 6.92 Å². The number of methoxy groups -OCH3 is 1. The van der Waals surface area contributed by atoms with Crippen LogP contribution in [0.5, 0.6) is 5.75 Å². The van der Waals surface area contributed by atoms with Crippen molar-refractivity contribution in [3.8, 4) is 5.75 Å². The molecule has 230 valence electrons. The molecule has 0 unspecified atom stereocenters. The molecule has 4 rings (SSSR count). The van der Waals surface area contributed by atoms with Crippen molar-refractivity contribution in [1.29, 1.82) is 0 Å². The maximum Gasteiger partial charge on any atom is 0.255 e. The highest BCUT2D eigenvalue weighted by atomic mass is 32.2. The summed E-state index contributed by atoms with van der Waals surface area (Å²) >= 11 is 1.46. The predicted molar refractivity (Wildman–Crippen MR) is 177 cm³/mol. The average molecular weight is 606 g/mol. The third-order valence-corrected chi connectivity index (χ3v) is 7.72. The fourth-order valence-corrected chi connectivity index (χ4v) is 5.13. The Labute approximate surface area is 258 Å². The van der Waals surface area contributed by atoms with Crippen LogP contribution in [0.15, 0.2) is 54.9 Å². The summed E-state index contributed by atoms with van der Waals surface area (Å²) in [7, 11) is 1.59. The molecule has 11 heteroatoms. The van der Waals surface area contributed by atoms with Crippen molar-refractivity contribution in [3.05, 3.63) is 82.8 Å². The number of nitrogens with one attached hydrogen (secondary N) is 2. The van der Waals surface area contributed by atoms with E-state index >= 15 is 0 Å². The Kier molecular flexibility index (Phi) is 10.6. The summed E-state index contributed by atoms with van der Waals surface area (Å²) in [6.45, 7) is 12.4. The van der Waals surface area contributed by atoms with E-state index in [0.29, 0.717) is 28.4 Å². The third-order valence-electron chi connectivity index (χ3n) is 7.29. The third kappa shape index (κ3) is 8.20. The number of hydrazine groups is 1. The number of nitrogens with zero attached hydrogens (tertiary/aromatic N) is 3. The lowest BCUT2D eigenvalue weighted by molar-refractivity contribution is 0.0336. The van der Waals surface area contributed by atoms with Crippen molar-refractivity contribution in [1.82, 2.24) is 9.88 Å². The number of aromatic nitrogens is 1. The molecule has 1 aromatic heterocycles. The van der Waals surface area contributed by atoms with Crippen LogP contribution >= 0.6 is 11.9 Å². The van der Waals surface area contributed by atoms with Crippen LogP contribution in [0.3, 0.4) is 0 Å². The van der Waals surface area contributed by atoms with E-state index in [1.165, 1.54) is 17.0 Å².